The zero-order chi connectivity index (χ0) is 21.8. The van der Waals surface area contributed by atoms with Gasteiger partial charge >= 0.3 is 0 Å². The predicted octanol–water partition coefficient (Wildman–Crippen LogP) is 4.53. The summed E-state index contributed by atoms with van der Waals surface area (Å²) in [5.41, 5.74) is 5.59. The van der Waals surface area contributed by atoms with Crippen LogP contribution in [0.1, 0.15) is 33.8 Å². The molecule has 0 unspecified atom stereocenters. The minimum absolute atomic E-state index is 0.0686. The molecule has 0 radical (unpaired) electrons. The molecule has 0 bridgehead atoms. The van der Waals surface area contributed by atoms with Gasteiger partial charge in [-0.15, -0.1) is 11.3 Å². The molecule has 0 saturated heterocycles. The average Bonchev–Trinajstić information content (AvgIpc) is 3.32. The summed E-state index contributed by atoms with van der Waals surface area (Å²) in [6.45, 7) is 4.43. The van der Waals surface area contributed by atoms with Crippen molar-refractivity contribution >= 4 is 17.2 Å². The summed E-state index contributed by atoms with van der Waals surface area (Å²) in [5, 5.41) is 10.2. The highest BCUT2D eigenvalue weighted by Crippen LogP contribution is 2.23. The minimum Gasteiger partial charge on any atom is -0.352 e. The molecule has 2 aromatic heterocycles. The van der Waals surface area contributed by atoms with Gasteiger partial charge in [0, 0.05) is 29.6 Å². The fraction of sp³-hybridized carbons (Fsp3) is 0.208. The number of benzene rings is 2. The molecule has 4 rings (SSSR count). The molecule has 0 spiro atoms. The Labute approximate surface area is 184 Å². The van der Waals surface area contributed by atoms with E-state index >= 15 is 0 Å². The summed E-state index contributed by atoms with van der Waals surface area (Å²) in [6.07, 6.45) is 0.828. The van der Waals surface area contributed by atoms with Crippen molar-refractivity contribution in [3.05, 3.63) is 99.6 Å². The Morgan fingerprint density at radius 2 is 1.87 bits per heavy atom. The number of rotatable bonds is 7. The van der Waals surface area contributed by atoms with Crippen molar-refractivity contribution in [2.24, 2.45) is 0 Å². The van der Waals surface area contributed by atoms with E-state index in [0.717, 1.165) is 33.2 Å². The van der Waals surface area contributed by atoms with Gasteiger partial charge in [0.2, 0.25) is 11.0 Å². The molecule has 1 N–H and O–H groups in total. The summed E-state index contributed by atoms with van der Waals surface area (Å²) >= 11 is 1.45. The maximum absolute atomic E-state index is 13.5. The van der Waals surface area contributed by atoms with Gasteiger partial charge in [-0.3, -0.25) is 4.79 Å². The number of halogens is 1. The lowest BCUT2D eigenvalue weighted by molar-refractivity contribution is -0.120. The Morgan fingerprint density at radius 1 is 1.10 bits per heavy atom. The molecule has 0 aliphatic heterocycles. The Balaban J connectivity index is 1.44. The second kappa shape index (κ2) is 9.22. The highest BCUT2D eigenvalue weighted by Gasteiger charge is 2.16. The highest BCUT2D eigenvalue weighted by molar-refractivity contribution is 7.12. The van der Waals surface area contributed by atoms with Gasteiger partial charge in [-0.2, -0.15) is 5.10 Å². The Morgan fingerprint density at radius 3 is 2.65 bits per heavy atom. The molecule has 0 atom stereocenters. The van der Waals surface area contributed by atoms with Gasteiger partial charge in [-0.1, -0.05) is 42.5 Å². The van der Waals surface area contributed by atoms with E-state index in [4.69, 9.17) is 0 Å². The number of aromatic nitrogens is 3. The molecule has 0 aliphatic carbocycles. The van der Waals surface area contributed by atoms with Gasteiger partial charge in [-0.05, 0) is 37.1 Å². The largest absolute Gasteiger partial charge is 0.352 e. The summed E-state index contributed by atoms with van der Waals surface area (Å²) in [6, 6.07) is 16.4. The highest BCUT2D eigenvalue weighted by atomic mass is 32.1. The maximum atomic E-state index is 13.5. The zero-order valence-corrected chi connectivity index (χ0v) is 18.2. The van der Waals surface area contributed by atoms with Crippen LogP contribution in [-0.2, 0) is 24.2 Å². The lowest BCUT2D eigenvalue weighted by atomic mass is 10.0. The molecular formula is C24H23FN4OS. The second-order valence-corrected chi connectivity index (χ2v) is 8.26. The van der Waals surface area contributed by atoms with Crippen LogP contribution >= 0.6 is 11.3 Å². The summed E-state index contributed by atoms with van der Waals surface area (Å²) in [7, 11) is 0. The first-order valence-electron chi connectivity index (χ1n) is 10.0. The van der Waals surface area contributed by atoms with Crippen LogP contribution in [0.5, 0.6) is 0 Å². The fourth-order valence-corrected chi connectivity index (χ4v) is 4.29. The van der Waals surface area contributed by atoms with Crippen molar-refractivity contribution < 1.29 is 9.18 Å². The molecule has 4 aromatic rings. The van der Waals surface area contributed by atoms with Crippen molar-refractivity contribution in [2.75, 3.05) is 0 Å². The number of nitrogens with one attached hydrogen (secondary N) is 1. The predicted molar refractivity (Wildman–Crippen MR) is 120 cm³/mol. The number of nitrogens with zero attached hydrogens (tertiary/aromatic N) is 3. The van der Waals surface area contributed by atoms with E-state index in [0.29, 0.717) is 18.7 Å². The molecule has 2 heterocycles. The standard InChI is InChI=1S/C24H23FN4OS/c1-16-22(12-19-9-6-10-20(25)11-19)17(2)29(28-16)24-27-21(15-31-24)13-23(30)26-14-18-7-4-3-5-8-18/h3-11,15H,12-14H2,1-2H3,(H,26,30). The number of hydrogen-bond donors (Lipinski definition) is 1. The molecule has 1 amide bonds. The maximum Gasteiger partial charge on any atom is 0.226 e. The van der Waals surface area contributed by atoms with E-state index in [1.165, 1.54) is 17.4 Å². The molecule has 158 valence electrons. The van der Waals surface area contributed by atoms with Gasteiger partial charge in [0.15, 0.2) is 0 Å². The molecule has 0 aliphatic rings. The molecule has 7 heteroatoms. The normalized spacial score (nSPS) is 10.9. The first-order valence-corrected chi connectivity index (χ1v) is 10.9. The van der Waals surface area contributed by atoms with Crippen LogP contribution < -0.4 is 5.32 Å². The molecule has 0 fully saturated rings. The van der Waals surface area contributed by atoms with E-state index in [9.17, 15) is 9.18 Å². The third-order valence-electron chi connectivity index (χ3n) is 5.11. The molecule has 5 nitrogen and oxygen atoms in total. The summed E-state index contributed by atoms with van der Waals surface area (Å²) in [4.78, 5) is 16.9. The van der Waals surface area contributed by atoms with Crippen molar-refractivity contribution in [3.8, 4) is 5.13 Å². The molecule has 0 saturated carbocycles. The Bertz CT molecular complexity index is 1200. The van der Waals surface area contributed by atoms with Crippen LogP contribution in [0, 0.1) is 19.7 Å². The smallest absolute Gasteiger partial charge is 0.226 e. The van der Waals surface area contributed by atoms with Crippen LogP contribution in [0.2, 0.25) is 0 Å². The lowest BCUT2D eigenvalue weighted by Gasteiger charge is -2.04. The van der Waals surface area contributed by atoms with Gasteiger partial charge in [-0.25, -0.2) is 14.1 Å². The second-order valence-electron chi connectivity index (χ2n) is 7.43. The number of aryl methyl sites for hydroxylation is 1. The molecular weight excluding hydrogens is 411 g/mol. The first-order chi connectivity index (χ1) is 15.0. The Hall–Kier alpha value is -3.32. The van der Waals surface area contributed by atoms with E-state index in [-0.39, 0.29) is 18.1 Å². The van der Waals surface area contributed by atoms with Crippen molar-refractivity contribution in [1.29, 1.82) is 0 Å². The third-order valence-corrected chi connectivity index (χ3v) is 5.97. The number of amides is 1. The van der Waals surface area contributed by atoms with Gasteiger partial charge in [0.25, 0.3) is 0 Å². The van der Waals surface area contributed by atoms with Crippen LogP contribution in [0.15, 0.2) is 60.0 Å². The summed E-state index contributed by atoms with van der Waals surface area (Å²) in [5.74, 6) is -0.309. The molecule has 2 aromatic carbocycles. The summed E-state index contributed by atoms with van der Waals surface area (Å²) < 4.78 is 15.3. The quantitative estimate of drug-likeness (QED) is 0.465. The number of carbonyl (C=O) groups is 1. The minimum atomic E-state index is -0.240. The van der Waals surface area contributed by atoms with Crippen LogP contribution in [0.3, 0.4) is 0 Å². The van der Waals surface area contributed by atoms with Crippen LogP contribution in [0.25, 0.3) is 5.13 Å². The van der Waals surface area contributed by atoms with Crippen LogP contribution in [-0.4, -0.2) is 20.7 Å². The molecule has 31 heavy (non-hydrogen) atoms. The van der Waals surface area contributed by atoms with Gasteiger partial charge < -0.3 is 5.32 Å². The number of carbonyl (C=O) groups excluding carboxylic acids is 1. The average molecular weight is 435 g/mol. The van der Waals surface area contributed by atoms with Crippen molar-refractivity contribution in [1.82, 2.24) is 20.1 Å². The van der Waals surface area contributed by atoms with Crippen molar-refractivity contribution in [2.45, 2.75) is 33.2 Å². The van der Waals surface area contributed by atoms with Gasteiger partial charge in [0.1, 0.15) is 5.82 Å². The van der Waals surface area contributed by atoms with E-state index < -0.39 is 0 Å². The third kappa shape index (κ3) is 5.06. The van der Waals surface area contributed by atoms with Gasteiger partial charge in [0.05, 0.1) is 17.8 Å². The number of thiazole rings is 1. The monoisotopic (exact) mass is 434 g/mol. The van der Waals surface area contributed by atoms with E-state index in [1.54, 1.807) is 16.8 Å². The zero-order valence-electron chi connectivity index (χ0n) is 17.4. The Kier molecular flexibility index (Phi) is 6.23. The first kappa shape index (κ1) is 20.9. The number of hydrogen-bond acceptors (Lipinski definition) is 4. The fourth-order valence-electron chi connectivity index (χ4n) is 3.47. The topological polar surface area (TPSA) is 59.8 Å². The van der Waals surface area contributed by atoms with E-state index in [1.807, 2.05) is 55.6 Å². The lowest BCUT2D eigenvalue weighted by Crippen LogP contribution is -2.24. The van der Waals surface area contributed by atoms with E-state index in [2.05, 4.69) is 15.4 Å². The van der Waals surface area contributed by atoms with Crippen LogP contribution in [0.4, 0.5) is 4.39 Å². The SMILES string of the molecule is Cc1nn(-c2nc(CC(=O)NCc3ccccc3)cs2)c(C)c1Cc1cccc(F)c1. The van der Waals surface area contributed by atoms with Crippen molar-refractivity contribution in [3.63, 3.8) is 0 Å².